The molecular formula is C101H233N13O15. The molecule has 1 saturated carbocycles. The van der Waals surface area contributed by atoms with Gasteiger partial charge in [0.2, 0.25) is 17.7 Å². The third kappa shape index (κ3) is 67.5. The fourth-order valence-electron chi connectivity index (χ4n) is 15.9. The lowest BCUT2D eigenvalue weighted by atomic mass is 9.62. The van der Waals surface area contributed by atoms with Crippen molar-refractivity contribution in [2.75, 3.05) is 210 Å². The molecule has 8 atom stereocenters. The average Bonchev–Trinajstić information content (AvgIpc) is 1.70. The van der Waals surface area contributed by atoms with Crippen molar-refractivity contribution in [2.45, 2.75) is 391 Å². The topological polar surface area (TPSA) is 365 Å². The number of aliphatic carboxylic acids is 2. The van der Waals surface area contributed by atoms with E-state index >= 15 is 0 Å². The molecule has 12 aliphatic heterocycles. The summed E-state index contributed by atoms with van der Waals surface area (Å²) in [5, 5.41) is 99.3. The van der Waals surface area contributed by atoms with Crippen LogP contribution in [0.2, 0.25) is 0 Å². The first-order valence-electron chi connectivity index (χ1n) is 46.4. The zero-order valence-corrected chi connectivity index (χ0v) is 78.5. The summed E-state index contributed by atoms with van der Waals surface area (Å²) in [6.07, 6.45) is 17.7. The molecule has 129 heavy (non-hydrogen) atoms. The van der Waals surface area contributed by atoms with Gasteiger partial charge in [-0.1, -0.05) is 234 Å². The van der Waals surface area contributed by atoms with E-state index in [9.17, 15) is 29.1 Å². The SMILES string of the molecule is C.C.C.C.C.C.C.C.C.C.C.C.CC.CC.CC(C)C.CCC1CCC(=O)N1.CCCCC1CCC(=O)N1.CCN1CC(C)(O)C1.CCN1CC(CO)C1.CCN1CC(O)C1.CCN1CC2(CC(O)C2)C1.CCN1CCC(C(=O)O)C1.CCN1CCC(CO)C1.CCN1CCC(O)C1.CCN1CCC2(CNC(=O)C2)C1.CCN1CCCC1CO.CCNC(C)(CO)C(=O)O. The molecule has 14 N–H and O–H groups in total. The second-order valence-electron chi connectivity index (χ2n) is 34.7. The Morgan fingerprint density at radius 2 is 0.891 bits per heavy atom. The van der Waals surface area contributed by atoms with Crippen molar-refractivity contribution in [1.29, 1.82) is 0 Å². The predicted octanol–water partition coefficient (Wildman–Crippen LogP) is 14.5. The van der Waals surface area contributed by atoms with Gasteiger partial charge in [-0.25, -0.2) is 0 Å². The molecule has 13 rings (SSSR count). The number of amides is 3. The molecule has 12 heterocycles. The molecule has 3 amide bonds. The number of rotatable bonds is 21. The number of unbranched alkanes of at least 4 members (excludes halogenated alkanes) is 1. The van der Waals surface area contributed by atoms with Crippen molar-refractivity contribution < 1.29 is 75.0 Å². The Morgan fingerprint density at radius 1 is 0.473 bits per heavy atom. The van der Waals surface area contributed by atoms with Crippen LogP contribution >= 0.6 is 0 Å². The minimum Gasteiger partial charge on any atom is -0.481 e. The minimum absolute atomic E-state index is 0. The highest BCUT2D eigenvalue weighted by molar-refractivity contribution is 5.80. The number of likely N-dealkylation sites (tertiary alicyclic amines) is 9. The van der Waals surface area contributed by atoms with Crippen molar-refractivity contribution in [3.63, 3.8) is 0 Å². The van der Waals surface area contributed by atoms with Gasteiger partial charge in [0.15, 0.2) is 0 Å². The molecule has 28 heteroatoms. The number of nitrogens with one attached hydrogen (secondary N) is 4. The molecule has 0 aromatic rings. The number of carboxylic acid groups (broad SMARTS) is 2. The summed E-state index contributed by atoms with van der Waals surface area (Å²) >= 11 is 0. The van der Waals surface area contributed by atoms with Crippen LogP contribution in [0.4, 0.5) is 0 Å². The van der Waals surface area contributed by atoms with Gasteiger partial charge in [0.1, 0.15) is 5.54 Å². The lowest BCUT2D eigenvalue weighted by Crippen LogP contribution is -2.63. The van der Waals surface area contributed by atoms with Crippen LogP contribution in [0.3, 0.4) is 0 Å². The maximum Gasteiger partial charge on any atom is 0.326 e. The van der Waals surface area contributed by atoms with Crippen LogP contribution in [0.25, 0.3) is 0 Å². The van der Waals surface area contributed by atoms with E-state index in [1.807, 2.05) is 34.6 Å². The number of likely N-dealkylation sites (N-methyl/N-ethyl adjacent to an activating group) is 5. The number of carbonyl (C=O) groups is 5. The van der Waals surface area contributed by atoms with E-state index in [4.69, 9.17) is 46.0 Å². The van der Waals surface area contributed by atoms with E-state index in [0.717, 1.165) is 208 Å². The quantitative estimate of drug-likeness (QED) is 0.0507. The van der Waals surface area contributed by atoms with Crippen molar-refractivity contribution >= 4 is 29.7 Å². The summed E-state index contributed by atoms with van der Waals surface area (Å²) in [7, 11) is 0. The summed E-state index contributed by atoms with van der Waals surface area (Å²) in [5.41, 5.74) is -0.701. The summed E-state index contributed by atoms with van der Waals surface area (Å²) in [6.45, 7) is 72.7. The number of carboxylic acids is 2. The Morgan fingerprint density at radius 3 is 1.16 bits per heavy atom. The normalized spacial score (nSPS) is 23.8. The van der Waals surface area contributed by atoms with E-state index in [2.05, 4.69) is 162 Å². The van der Waals surface area contributed by atoms with Crippen LogP contribution in [0.5, 0.6) is 0 Å². The van der Waals surface area contributed by atoms with Gasteiger partial charge in [-0.2, -0.15) is 0 Å². The molecule has 8 unspecified atom stereocenters. The maximum atomic E-state index is 11.1. The second-order valence-corrected chi connectivity index (χ2v) is 34.7. The summed E-state index contributed by atoms with van der Waals surface area (Å²) < 4.78 is 0. The number of hydrogen-bond donors (Lipinski definition) is 14. The van der Waals surface area contributed by atoms with Gasteiger partial charge in [0.25, 0.3) is 0 Å². The molecule has 0 aromatic carbocycles. The Labute approximate surface area is 801 Å². The number of hydrogen-bond acceptors (Lipinski definition) is 23. The maximum absolute atomic E-state index is 11.1. The van der Waals surface area contributed by atoms with Gasteiger partial charge in [0.05, 0.1) is 43.0 Å². The fraction of sp³-hybridized carbons (Fsp3) is 0.950. The number of aliphatic hydroxyl groups is 8. The van der Waals surface area contributed by atoms with Gasteiger partial charge in [-0.05, 0) is 194 Å². The molecule has 0 radical (unpaired) electrons. The van der Waals surface area contributed by atoms with Crippen molar-refractivity contribution in [2.24, 2.45) is 34.5 Å². The highest BCUT2D eigenvalue weighted by Gasteiger charge is 2.51. The molecule has 1 aliphatic carbocycles. The van der Waals surface area contributed by atoms with Gasteiger partial charge < -0.3 is 102 Å². The Kier molecular flexibility index (Phi) is 109. The Balaban J connectivity index is -0.0000000919. The number of aliphatic hydroxyl groups excluding tert-OH is 7. The smallest absolute Gasteiger partial charge is 0.326 e. The number of β-amino-alcohol motifs (C(OH)–C–C–N with tert-alkyl or cyclic N) is 3. The molecule has 0 aromatic heterocycles. The van der Waals surface area contributed by atoms with E-state index in [1.165, 1.54) is 91.1 Å². The first-order chi connectivity index (χ1) is 55.6. The highest BCUT2D eigenvalue weighted by Crippen LogP contribution is 2.48. The molecule has 2 spiro atoms. The number of nitrogens with zero attached hydrogens (tertiary/aromatic N) is 9. The summed E-state index contributed by atoms with van der Waals surface area (Å²) in [4.78, 5) is 73.9. The monoisotopic (exact) mass is 1870 g/mol. The van der Waals surface area contributed by atoms with E-state index in [1.54, 1.807) is 6.92 Å². The minimum atomic E-state index is -1.19. The van der Waals surface area contributed by atoms with Crippen LogP contribution in [-0.4, -0.2) is 382 Å². The molecule has 13 fully saturated rings. The first kappa shape index (κ1) is 157. The Bertz CT molecular complexity index is 2450. The molecule has 0 bridgehead atoms. The van der Waals surface area contributed by atoms with Crippen LogP contribution in [-0.2, 0) is 24.0 Å². The van der Waals surface area contributed by atoms with Gasteiger partial charge in [0, 0.05) is 159 Å². The molecule has 792 valence electrons. The van der Waals surface area contributed by atoms with E-state index in [0.29, 0.717) is 67.2 Å². The lowest BCUT2D eigenvalue weighted by Gasteiger charge is -2.57. The Hall–Kier alpha value is -3.37. The van der Waals surface area contributed by atoms with Gasteiger partial charge in [-0.3, -0.25) is 38.7 Å². The first-order valence-corrected chi connectivity index (χ1v) is 46.4. The standard InChI is InChI=1S/C9H16N2O.2C8H15NO.C7H13NO2.2C7H15NO.C6H13NO3.3C6H13NO.C6H11NO.C5H11NO.C4H10.2C2H6.12CH4/c1-2-11-4-3-9(7-11)5-8(12)10-6-9;1-2-9-5-8(6-9)3-7(10)4-8;1-2-3-4-7-5-6-8(10)9-7;1-2-8-4-3-6(5-8)7(9)10;1-2-8-4-3-7(5-8)6-9;1-2-8-5-3-4-7(8)6-9;1-3-7-6(2,4-8)5(9)10;1-3-7-4-6(2,8)5-7;1-2-7-3-6(4-7)5-8;1-2-7-4-3-6(8)5-7;1-2-5-3-4-6(8)7-5;1-2-6-3-5(7)4-6;1-4(2)3;2*1-2;;;;;;;;;;;;/h2-7H2,1H3,(H,10,12);7,10H,2-6H2,1H3;7H,2-6H2,1H3,(H,9,10);6H,2-5H2,1H3,(H,9,10);2*7,9H,2-6H2,1H3;7-8H,3-4H2,1-2H3,(H,9,10);8H,3-5H2,1-2H3;2*6,8H,2-5H2,1H3;5H,2-4H2,1H3,(H,7,8);5,7H,2-4H2,1H3;4H,1-3H3;2*1-2H3;12*1H4. The van der Waals surface area contributed by atoms with Crippen LogP contribution in [0.1, 0.15) is 344 Å². The number of carbonyl (C=O) groups excluding carboxylic acids is 3. The predicted molar refractivity (Wildman–Crippen MR) is 558 cm³/mol. The van der Waals surface area contributed by atoms with Gasteiger partial charge >= 0.3 is 11.9 Å². The molecule has 13 aliphatic rings. The van der Waals surface area contributed by atoms with Crippen molar-refractivity contribution in [3.05, 3.63) is 0 Å². The van der Waals surface area contributed by atoms with Gasteiger partial charge in [-0.15, -0.1) is 0 Å². The molecule has 28 nitrogen and oxygen atoms in total. The summed E-state index contributed by atoms with van der Waals surface area (Å²) in [6, 6.07) is 1.44. The lowest BCUT2D eigenvalue weighted by molar-refractivity contribution is -0.146. The largest absolute Gasteiger partial charge is 0.481 e. The second kappa shape index (κ2) is 89.8. The molecular weight excluding hydrogens is 1640 g/mol. The average molecular weight is 1870 g/mol. The third-order valence-corrected chi connectivity index (χ3v) is 23.6. The van der Waals surface area contributed by atoms with Crippen molar-refractivity contribution in [3.8, 4) is 0 Å². The van der Waals surface area contributed by atoms with Crippen molar-refractivity contribution in [1.82, 2.24) is 65.4 Å². The highest BCUT2D eigenvalue weighted by atomic mass is 16.4. The third-order valence-electron chi connectivity index (χ3n) is 23.6. The molecule has 12 saturated heterocycles. The fourth-order valence-corrected chi connectivity index (χ4v) is 15.9. The van der Waals surface area contributed by atoms with E-state index < -0.39 is 24.1 Å². The van der Waals surface area contributed by atoms with E-state index in [-0.39, 0.29) is 137 Å². The zero-order valence-electron chi connectivity index (χ0n) is 78.5. The summed E-state index contributed by atoms with van der Waals surface area (Å²) in [5.74, 6) is 0.888. The van der Waals surface area contributed by atoms with Crippen LogP contribution in [0.15, 0.2) is 0 Å². The van der Waals surface area contributed by atoms with Crippen LogP contribution in [0, 0.1) is 34.5 Å². The van der Waals surface area contributed by atoms with Crippen LogP contribution < -0.4 is 21.3 Å². The zero-order chi connectivity index (χ0) is 89.3.